The molecule has 1 aliphatic rings. The van der Waals surface area contributed by atoms with Gasteiger partial charge in [0.1, 0.15) is 5.75 Å². The van der Waals surface area contributed by atoms with Gasteiger partial charge in [-0.2, -0.15) is 0 Å². The van der Waals surface area contributed by atoms with Crippen LogP contribution in [0.25, 0.3) is 0 Å². The van der Waals surface area contributed by atoms with E-state index >= 15 is 0 Å². The quantitative estimate of drug-likeness (QED) is 0.940. The molecule has 1 atom stereocenters. The summed E-state index contributed by atoms with van der Waals surface area (Å²) in [7, 11) is 0. The average Bonchev–Trinajstić information content (AvgIpc) is 2.55. The first-order valence-electron chi connectivity index (χ1n) is 7.98. The van der Waals surface area contributed by atoms with Crippen LogP contribution in [0.15, 0.2) is 48.5 Å². The van der Waals surface area contributed by atoms with Gasteiger partial charge in [-0.3, -0.25) is 9.59 Å². The number of rotatable bonds is 4. The smallest absolute Gasteiger partial charge is 0.267 e. The van der Waals surface area contributed by atoms with Crippen molar-refractivity contribution in [3.63, 3.8) is 0 Å². The van der Waals surface area contributed by atoms with Crippen LogP contribution < -0.4 is 15.0 Å². The molecule has 1 heterocycles. The van der Waals surface area contributed by atoms with Crippen molar-refractivity contribution in [2.45, 2.75) is 26.4 Å². The standard InChI is InChI=1S/C19H20N2O3/c1-13-6-5-7-15(12-13)20-18(22)10-11-21-16-8-3-4-9-17(16)24-14(2)19(21)23/h3-9,12,14H,10-11H2,1-2H3,(H,20,22)/t14-/m1/s1. The van der Waals surface area contributed by atoms with Crippen molar-refractivity contribution in [2.75, 3.05) is 16.8 Å². The number of carbonyl (C=O) groups excluding carboxylic acids is 2. The monoisotopic (exact) mass is 324 g/mol. The van der Waals surface area contributed by atoms with Crippen LogP contribution in [-0.4, -0.2) is 24.5 Å². The molecule has 2 aromatic rings. The summed E-state index contributed by atoms with van der Waals surface area (Å²) in [4.78, 5) is 26.2. The number of anilines is 2. The Morgan fingerprint density at radius 3 is 2.79 bits per heavy atom. The fourth-order valence-electron chi connectivity index (χ4n) is 2.75. The van der Waals surface area contributed by atoms with Crippen LogP contribution in [0.3, 0.4) is 0 Å². The van der Waals surface area contributed by atoms with Gasteiger partial charge in [-0.1, -0.05) is 24.3 Å². The minimum Gasteiger partial charge on any atom is -0.479 e. The Morgan fingerprint density at radius 1 is 1.21 bits per heavy atom. The Balaban J connectivity index is 1.67. The highest BCUT2D eigenvalue weighted by molar-refractivity contribution is 6.00. The lowest BCUT2D eigenvalue weighted by atomic mass is 10.1. The third kappa shape index (κ3) is 3.40. The number of hydrogen-bond acceptors (Lipinski definition) is 3. The predicted octanol–water partition coefficient (Wildman–Crippen LogP) is 3.14. The molecule has 0 fully saturated rings. The van der Waals surface area contributed by atoms with Crippen molar-refractivity contribution in [3.8, 4) is 5.75 Å². The summed E-state index contributed by atoms with van der Waals surface area (Å²) in [6.45, 7) is 4.01. The molecule has 1 N–H and O–H groups in total. The molecule has 0 spiro atoms. The Kier molecular flexibility index (Phi) is 4.51. The second-order valence-corrected chi connectivity index (χ2v) is 5.89. The molecular weight excluding hydrogens is 304 g/mol. The molecule has 0 saturated heterocycles. The van der Waals surface area contributed by atoms with E-state index in [1.807, 2.05) is 55.5 Å². The highest BCUT2D eigenvalue weighted by atomic mass is 16.5. The van der Waals surface area contributed by atoms with E-state index in [9.17, 15) is 9.59 Å². The van der Waals surface area contributed by atoms with Crippen molar-refractivity contribution in [3.05, 3.63) is 54.1 Å². The largest absolute Gasteiger partial charge is 0.479 e. The minimum absolute atomic E-state index is 0.120. The van der Waals surface area contributed by atoms with Crippen LogP contribution in [-0.2, 0) is 9.59 Å². The van der Waals surface area contributed by atoms with Crippen LogP contribution in [0, 0.1) is 6.92 Å². The van der Waals surface area contributed by atoms with Gasteiger partial charge in [0.2, 0.25) is 5.91 Å². The fraction of sp³-hybridized carbons (Fsp3) is 0.263. The number of carbonyl (C=O) groups is 2. The number of ether oxygens (including phenoxy) is 1. The lowest BCUT2D eigenvalue weighted by Crippen LogP contribution is -2.45. The Hall–Kier alpha value is -2.82. The summed E-state index contributed by atoms with van der Waals surface area (Å²) in [5.41, 5.74) is 2.56. The maximum atomic E-state index is 12.4. The van der Waals surface area contributed by atoms with E-state index in [0.717, 1.165) is 11.3 Å². The van der Waals surface area contributed by atoms with Crippen LogP contribution >= 0.6 is 0 Å². The van der Waals surface area contributed by atoms with Crippen molar-refractivity contribution < 1.29 is 14.3 Å². The highest BCUT2D eigenvalue weighted by Crippen LogP contribution is 2.33. The molecule has 2 aromatic carbocycles. The molecule has 2 amide bonds. The Bertz CT molecular complexity index is 773. The molecule has 0 aliphatic carbocycles. The fourth-order valence-corrected chi connectivity index (χ4v) is 2.75. The molecule has 5 nitrogen and oxygen atoms in total. The first-order valence-corrected chi connectivity index (χ1v) is 7.98. The number of aryl methyl sites for hydroxylation is 1. The molecule has 5 heteroatoms. The van der Waals surface area contributed by atoms with Crippen molar-refractivity contribution in [1.82, 2.24) is 0 Å². The number of para-hydroxylation sites is 2. The lowest BCUT2D eigenvalue weighted by molar-refractivity contribution is -0.125. The molecule has 3 rings (SSSR count). The summed E-state index contributed by atoms with van der Waals surface area (Å²) < 4.78 is 5.60. The summed E-state index contributed by atoms with van der Waals surface area (Å²) >= 11 is 0. The predicted molar refractivity (Wildman–Crippen MR) is 93.3 cm³/mol. The molecule has 0 bridgehead atoms. The van der Waals surface area contributed by atoms with E-state index in [1.54, 1.807) is 11.8 Å². The van der Waals surface area contributed by atoms with Gasteiger partial charge in [0.25, 0.3) is 5.91 Å². The Labute approximate surface area is 141 Å². The first-order chi connectivity index (χ1) is 11.5. The van der Waals surface area contributed by atoms with Crippen LogP contribution in [0.5, 0.6) is 5.75 Å². The van der Waals surface area contributed by atoms with Crippen LogP contribution in [0.1, 0.15) is 18.9 Å². The van der Waals surface area contributed by atoms with E-state index in [2.05, 4.69) is 5.32 Å². The summed E-state index contributed by atoms with van der Waals surface area (Å²) in [6, 6.07) is 15.0. The number of amides is 2. The lowest BCUT2D eigenvalue weighted by Gasteiger charge is -2.32. The molecule has 124 valence electrons. The molecule has 1 aliphatic heterocycles. The van der Waals surface area contributed by atoms with Gasteiger partial charge in [0, 0.05) is 18.7 Å². The highest BCUT2D eigenvalue weighted by Gasteiger charge is 2.31. The van der Waals surface area contributed by atoms with E-state index < -0.39 is 6.10 Å². The molecule has 0 unspecified atom stereocenters. The Morgan fingerprint density at radius 2 is 2.00 bits per heavy atom. The zero-order valence-corrected chi connectivity index (χ0v) is 13.8. The second kappa shape index (κ2) is 6.74. The first kappa shape index (κ1) is 16.1. The van der Waals surface area contributed by atoms with E-state index in [0.29, 0.717) is 18.0 Å². The van der Waals surface area contributed by atoms with E-state index in [4.69, 9.17) is 4.74 Å². The SMILES string of the molecule is Cc1cccc(NC(=O)CCN2C(=O)[C@@H](C)Oc3ccccc32)c1. The zero-order chi connectivity index (χ0) is 17.1. The zero-order valence-electron chi connectivity index (χ0n) is 13.8. The third-order valence-electron chi connectivity index (χ3n) is 3.94. The van der Waals surface area contributed by atoms with Gasteiger partial charge in [-0.05, 0) is 43.7 Å². The molecular formula is C19H20N2O3. The number of nitrogens with one attached hydrogen (secondary N) is 1. The molecule has 0 radical (unpaired) electrons. The van der Waals surface area contributed by atoms with Gasteiger partial charge in [-0.15, -0.1) is 0 Å². The van der Waals surface area contributed by atoms with Crippen molar-refractivity contribution in [1.29, 1.82) is 0 Å². The van der Waals surface area contributed by atoms with Gasteiger partial charge >= 0.3 is 0 Å². The summed E-state index contributed by atoms with van der Waals surface area (Å²) in [5, 5.41) is 2.86. The van der Waals surface area contributed by atoms with Gasteiger partial charge < -0.3 is 15.0 Å². The average molecular weight is 324 g/mol. The van der Waals surface area contributed by atoms with Gasteiger partial charge in [-0.25, -0.2) is 0 Å². The van der Waals surface area contributed by atoms with Crippen molar-refractivity contribution >= 4 is 23.2 Å². The summed E-state index contributed by atoms with van der Waals surface area (Å²) in [5.74, 6) is 0.422. The van der Waals surface area contributed by atoms with E-state index in [1.165, 1.54) is 0 Å². The van der Waals surface area contributed by atoms with Gasteiger partial charge in [0.15, 0.2) is 6.10 Å². The maximum absolute atomic E-state index is 12.4. The number of nitrogens with zero attached hydrogens (tertiary/aromatic N) is 1. The van der Waals surface area contributed by atoms with Gasteiger partial charge in [0.05, 0.1) is 5.69 Å². The molecule has 0 saturated carbocycles. The van der Waals surface area contributed by atoms with Crippen LogP contribution in [0.4, 0.5) is 11.4 Å². The minimum atomic E-state index is -0.542. The normalized spacial score (nSPS) is 16.3. The van der Waals surface area contributed by atoms with Crippen LogP contribution in [0.2, 0.25) is 0 Å². The number of fused-ring (bicyclic) bond motifs is 1. The third-order valence-corrected chi connectivity index (χ3v) is 3.94. The number of hydrogen-bond donors (Lipinski definition) is 1. The van der Waals surface area contributed by atoms with Crippen molar-refractivity contribution in [2.24, 2.45) is 0 Å². The maximum Gasteiger partial charge on any atom is 0.267 e. The summed E-state index contributed by atoms with van der Waals surface area (Å²) in [6.07, 6.45) is -0.319. The molecule has 24 heavy (non-hydrogen) atoms. The van der Waals surface area contributed by atoms with E-state index in [-0.39, 0.29) is 18.2 Å². The second-order valence-electron chi connectivity index (χ2n) is 5.89. The number of benzene rings is 2. The molecule has 0 aromatic heterocycles. The topological polar surface area (TPSA) is 58.6 Å².